The van der Waals surface area contributed by atoms with E-state index in [1.165, 1.54) is 11.7 Å². The Morgan fingerprint density at radius 1 is 1.30 bits per heavy atom. The summed E-state index contributed by atoms with van der Waals surface area (Å²) in [5, 5.41) is 23.3. The highest BCUT2D eigenvalue weighted by atomic mass is 32.1. The number of alkyl halides is 3. The van der Waals surface area contributed by atoms with Gasteiger partial charge in [0.1, 0.15) is 18.5 Å². The molecule has 158 valence electrons. The Labute approximate surface area is 172 Å². The summed E-state index contributed by atoms with van der Waals surface area (Å²) in [7, 11) is 0. The first kappa shape index (κ1) is 20.4. The predicted octanol–water partition coefficient (Wildman–Crippen LogP) is 3.18. The molecule has 3 N–H and O–H groups in total. The summed E-state index contributed by atoms with van der Waals surface area (Å²) < 4.78 is 45.5. The molecule has 0 aromatic carbocycles. The van der Waals surface area contributed by atoms with Crippen LogP contribution in [-0.4, -0.2) is 36.8 Å². The van der Waals surface area contributed by atoms with Crippen LogP contribution >= 0.6 is 11.3 Å². The summed E-state index contributed by atoms with van der Waals surface area (Å²) in [6.45, 7) is -0.501. The summed E-state index contributed by atoms with van der Waals surface area (Å²) in [5.74, 6) is -0.0429. The number of nitrogens with one attached hydrogen (secondary N) is 1. The molecule has 3 heterocycles. The minimum atomic E-state index is -4.58. The van der Waals surface area contributed by atoms with Crippen LogP contribution in [0.25, 0.3) is 0 Å². The number of ether oxygens (including phenoxy) is 1. The molecular weight excluding hydrogens is 423 g/mol. The van der Waals surface area contributed by atoms with Gasteiger partial charge in [-0.15, -0.1) is 11.3 Å². The number of nitrogens with zero attached hydrogens (tertiary/aromatic N) is 4. The average molecular weight is 439 g/mol. The molecule has 0 spiro atoms. The fourth-order valence-electron chi connectivity index (χ4n) is 3.02. The minimum absolute atomic E-state index is 0.0488. The van der Waals surface area contributed by atoms with Crippen molar-refractivity contribution < 1.29 is 28.1 Å². The Balaban J connectivity index is 1.64. The molecule has 1 aliphatic carbocycles. The number of hydrogen-bond donors (Lipinski definition) is 3. The van der Waals surface area contributed by atoms with Crippen molar-refractivity contribution in [1.82, 2.24) is 19.9 Å². The van der Waals surface area contributed by atoms with Crippen LogP contribution in [-0.2, 0) is 12.6 Å². The monoisotopic (exact) mass is 439 g/mol. The summed E-state index contributed by atoms with van der Waals surface area (Å²) in [6, 6.07) is 0.883. The topological polar surface area (TPSA) is 113 Å². The van der Waals surface area contributed by atoms with E-state index < -0.39 is 30.6 Å². The lowest BCUT2D eigenvalue weighted by Crippen LogP contribution is -2.11. The predicted molar refractivity (Wildman–Crippen MR) is 100 cm³/mol. The molecule has 0 saturated carbocycles. The Morgan fingerprint density at radius 2 is 2.13 bits per heavy atom. The number of anilines is 2. The quantitative estimate of drug-likeness (QED) is 0.537. The van der Waals surface area contributed by atoms with Crippen LogP contribution in [0.1, 0.15) is 41.1 Å². The van der Waals surface area contributed by atoms with E-state index in [0.29, 0.717) is 19.0 Å². The highest BCUT2D eigenvalue weighted by Crippen LogP contribution is 2.39. The van der Waals surface area contributed by atoms with Crippen molar-refractivity contribution in [3.8, 4) is 5.75 Å². The highest BCUT2D eigenvalue weighted by Gasteiger charge is 2.33. The third-order valence-corrected chi connectivity index (χ3v) is 5.30. The Morgan fingerprint density at radius 3 is 2.90 bits per heavy atom. The Bertz CT molecular complexity index is 1050. The molecule has 30 heavy (non-hydrogen) atoms. The maximum Gasteiger partial charge on any atom is 0.418 e. The van der Waals surface area contributed by atoms with Crippen LogP contribution < -0.4 is 10.1 Å². The first-order chi connectivity index (χ1) is 14.3. The molecule has 0 amide bonds. The molecule has 2 unspecified atom stereocenters. The standard InChI is InChI=1S/C18H16F3N5O3S/c19-18(20,21)9-3-15(29-14-2-1-11-10(14)5-22-8-24-11)16(23-4-9)26-17-25-12(7-30-17)13(28)6-27/h3-5,7-8,13-14,27-28H,1-2,6H2,(H,23,25,26). The van der Waals surface area contributed by atoms with Crippen LogP contribution in [0.3, 0.4) is 0 Å². The second-order valence-electron chi connectivity index (χ2n) is 6.54. The van der Waals surface area contributed by atoms with E-state index in [-0.39, 0.29) is 22.4 Å². The second kappa shape index (κ2) is 8.13. The van der Waals surface area contributed by atoms with Crippen molar-refractivity contribution in [2.75, 3.05) is 11.9 Å². The van der Waals surface area contributed by atoms with E-state index in [0.717, 1.165) is 28.7 Å². The molecule has 12 heteroatoms. The largest absolute Gasteiger partial charge is 0.482 e. The maximum absolute atomic E-state index is 13.2. The van der Waals surface area contributed by atoms with Crippen molar-refractivity contribution in [3.63, 3.8) is 0 Å². The normalized spacial score (nSPS) is 16.9. The number of halogens is 3. The number of hydrogen-bond acceptors (Lipinski definition) is 9. The van der Waals surface area contributed by atoms with Gasteiger partial charge in [-0.1, -0.05) is 0 Å². The van der Waals surface area contributed by atoms with Gasteiger partial charge in [-0.3, -0.25) is 0 Å². The number of pyridine rings is 1. The lowest BCUT2D eigenvalue weighted by atomic mass is 10.2. The third kappa shape index (κ3) is 4.20. The van der Waals surface area contributed by atoms with Gasteiger partial charge >= 0.3 is 6.18 Å². The zero-order chi connectivity index (χ0) is 21.3. The molecule has 3 aromatic rings. The fraction of sp³-hybridized carbons (Fsp3) is 0.333. The lowest BCUT2D eigenvalue weighted by molar-refractivity contribution is -0.138. The SMILES string of the molecule is OCC(O)c1csc(Nc2ncc(C(F)(F)F)cc2OC2CCc3ncncc32)n1. The van der Waals surface area contributed by atoms with E-state index in [2.05, 4.69) is 25.3 Å². The summed E-state index contributed by atoms with van der Waals surface area (Å²) in [4.78, 5) is 16.1. The lowest BCUT2D eigenvalue weighted by Gasteiger charge is -2.18. The first-order valence-corrected chi connectivity index (χ1v) is 9.77. The van der Waals surface area contributed by atoms with Gasteiger partial charge in [0.05, 0.1) is 23.6 Å². The number of thiazole rings is 1. The van der Waals surface area contributed by atoms with Crippen LogP contribution in [0.5, 0.6) is 5.75 Å². The zero-order valence-corrected chi connectivity index (χ0v) is 16.1. The van der Waals surface area contributed by atoms with Gasteiger partial charge in [0.2, 0.25) is 0 Å². The van der Waals surface area contributed by atoms with Crippen LogP contribution in [0.4, 0.5) is 24.1 Å². The number of aliphatic hydroxyl groups excluding tert-OH is 2. The maximum atomic E-state index is 13.2. The third-order valence-electron chi connectivity index (χ3n) is 4.53. The fourth-order valence-corrected chi connectivity index (χ4v) is 3.77. The molecule has 1 aliphatic rings. The number of fused-ring (bicyclic) bond motifs is 1. The van der Waals surface area contributed by atoms with Crippen molar-refractivity contribution in [1.29, 1.82) is 0 Å². The highest BCUT2D eigenvalue weighted by molar-refractivity contribution is 7.13. The van der Waals surface area contributed by atoms with Crippen molar-refractivity contribution in [3.05, 3.63) is 52.7 Å². The number of aromatic nitrogens is 4. The number of aryl methyl sites for hydroxylation is 1. The summed E-state index contributed by atoms with van der Waals surface area (Å²) >= 11 is 1.11. The summed E-state index contributed by atoms with van der Waals surface area (Å²) in [6.07, 6.45) is -1.34. The van der Waals surface area contributed by atoms with Crippen LogP contribution in [0, 0.1) is 0 Å². The first-order valence-electron chi connectivity index (χ1n) is 8.89. The van der Waals surface area contributed by atoms with Crippen molar-refractivity contribution in [2.45, 2.75) is 31.2 Å². The summed E-state index contributed by atoms with van der Waals surface area (Å²) in [5.41, 5.74) is 0.817. The van der Waals surface area contributed by atoms with Crippen LogP contribution in [0.2, 0.25) is 0 Å². The van der Waals surface area contributed by atoms with Crippen molar-refractivity contribution >= 4 is 22.3 Å². The molecular formula is C18H16F3N5O3S. The van der Waals surface area contributed by atoms with Gasteiger partial charge in [0, 0.05) is 23.3 Å². The van der Waals surface area contributed by atoms with Gasteiger partial charge in [-0.25, -0.2) is 19.9 Å². The second-order valence-corrected chi connectivity index (χ2v) is 7.40. The molecule has 2 atom stereocenters. The molecule has 0 radical (unpaired) electrons. The minimum Gasteiger partial charge on any atom is -0.482 e. The van der Waals surface area contributed by atoms with E-state index in [9.17, 15) is 18.3 Å². The molecule has 0 fully saturated rings. The Kier molecular flexibility index (Phi) is 5.54. The van der Waals surface area contributed by atoms with Gasteiger partial charge in [-0.05, 0) is 18.9 Å². The Hall–Kier alpha value is -2.83. The molecule has 0 saturated heterocycles. The molecule has 8 nitrogen and oxygen atoms in total. The van der Waals surface area contributed by atoms with Crippen molar-refractivity contribution in [2.24, 2.45) is 0 Å². The van der Waals surface area contributed by atoms with Gasteiger partial charge in [0.15, 0.2) is 16.7 Å². The van der Waals surface area contributed by atoms with Gasteiger partial charge in [-0.2, -0.15) is 13.2 Å². The molecule has 0 aliphatic heterocycles. The smallest absolute Gasteiger partial charge is 0.418 e. The zero-order valence-electron chi connectivity index (χ0n) is 15.3. The molecule has 4 rings (SSSR count). The average Bonchev–Trinajstić information content (AvgIpc) is 3.35. The van der Waals surface area contributed by atoms with Gasteiger partial charge in [0.25, 0.3) is 0 Å². The number of aliphatic hydroxyl groups is 2. The van der Waals surface area contributed by atoms with Gasteiger partial charge < -0.3 is 20.3 Å². The van der Waals surface area contributed by atoms with Crippen LogP contribution in [0.15, 0.2) is 30.2 Å². The van der Waals surface area contributed by atoms with E-state index in [1.807, 2.05) is 0 Å². The molecule has 0 bridgehead atoms. The molecule has 3 aromatic heterocycles. The van der Waals surface area contributed by atoms with E-state index in [1.54, 1.807) is 6.20 Å². The number of rotatable bonds is 6. The van der Waals surface area contributed by atoms with E-state index in [4.69, 9.17) is 9.84 Å². The van der Waals surface area contributed by atoms with E-state index >= 15 is 0 Å².